The van der Waals surface area contributed by atoms with Crippen molar-refractivity contribution in [2.45, 2.75) is 6.92 Å². The van der Waals surface area contributed by atoms with E-state index in [1.165, 1.54) is 19.2 Å². The maximum atomic E-state index is 10.9. The quantitative estimate of drug-likeness (QED) is 0.912. The average molecular weight is 258 g/mol. The summed E-state index contributed by atoms with van der Waals surface area (Å²) in [6.45, 7) is 1.94. The van der Waals surface area contributed by atoms with Crippen molar-refractivity contribution in [3.05, 3.63) is 53.6 Å². The summed E-state index contributed by atoms with van der Waals surface area (Å²) >= 11 is 0. The van der Waals surface area contributed by atoms with Crippen LogP contribution >= 0.6 is 0 Å². The Balaban J connectivity index is 2.35. The number of rotatable bonds is 4. The van der Waals surface area contributed by atoms with Gasteiger partial charge in [0.25, 0.3) is 0 Å². The van der Waals surface area contributed by atoms with Crippen molar-refractivity contribution in [3.63, 3.8) is 0 Å². The third-order valence-corrected chi connectivity index (χ3v) is 2.72. The van der Waals surface area contributed by atoms with Crippen LogP contribution in [0.15, 0.2) is 42.5 Å². The largest absolute Gasteiger partial charge is 0.493 e. The van der Waals surface area contributed by atoms with Gasteiger partial charge in [-0.05, 0) is 36.8 Å². The van der Waals surface area contributed by atoms with Gasteiger partial charge in [0.05, 0.1) is 12.7 Å². The maximum Gasteiger partial charge on any atom is 0.335 e. The topological polar surface area (TPSA) is 55.8 Å². The van der Waals surface area contributed by atoms with Crippen LogP contribution in [0.2, 0.25) is 0 Å². The van der Waals surface area contributed by atoms with Crippen molar-refractivity contribution in [1.29, 1.82) is 0 Å². The van der Waals surface area contributed by atoms with Gasteiger partial charge >= 0.3 is 5.97 Å². The highest BCUT2D eigenvalue weighted by Crippen LogP contribution is 2.33. The number of carbonyl (C=O) groups is 1. The molecule has 0 spiro atoms. The molecule has 0 bridgehead atoms. The minimum absolute atomic E-state index is 0.161. The Morgan fingerprint density at radius 3 is 2.42 bits per heavy atom. The van der Waals surface area contributed by atoms with Gasteiger partial charge in [-0.1, -0.05) is 18.2 Å². The standard InChI is InChI=1S/C15H14O4/c1-10-5-3-4-6-12(10)19-13-8-7-11(15(16)17)9-14(13)18-2/h3-9H,1-2H3,(H,16,17). The van der Waals surface area contributed by atoms with Gasteiger partial charge in [0.1, 0.15) is 5.75 Å². The Kier molecular flexibility index (Phi) is 3.71. The zero-order chi connectivity index (χ0) is 13.8. The number of benzene rings is 2. The highest BCUT2D eigenvalue weighted by molar-refractivity contribution is 5.88. The van der Waals surface area contributed by atoms with Crippen molar-refractivity contribution >= 4 is 5.97 Å². The van der Waals surface area contributed by atoms with Crippen LogP contribution < -0.4 is 9.47 Å². The van der Waals surface area contributed by atoms with Crippen LogP contribution in [-0.2, 0) is 0 Å². The van der Waals surface area contributed by atoms with Crippen molar-refractivity contribution in [2.75, 3.05) is 7.11 Å². The third kappa shape index (κ3) is 2.85. The molecule has 0 saturated heterocycles. The molecule has 0 aliphatic carbocycles. The van der Waals surface area contributed by atoms with E-state index in [4.69, 9.17) is 14.6 Å². The number of carboxylic acid groups (broad SMARTS) is 1. The molecule has 0 atom stereocenters. The van der Waals surface area contributed by atoms with Gasteiger partial charge in [-0.15, -0.1) is 0 Å². The Morgan fingerprint density at radius 1 is 1.05 bits per heavy atom. The van der Waals surface area contributed by atoms with Gasteiger partial charge < -0.3 is 14.6 Å². The zero-order valence-corrected chi connectivity index (χ0v) is 10.7. The molecular weight excluding hydrogens is 244 g/mol. The predicted molar refractivity (Wildman–Crippen MR) is 71.2 cm³/mol. The van der Waals surface area contributed by atoms with Gasteiger partial charge in [0.2, 0.25) is 0 Å². The molecular formula is C15H14O4. The van der Waals surface area contributed by atoms with Crippen LogP contribution in [0.3, 0.4) is 0 Å². The van der Waals surface area contributed by atoms with Crippen molar-refractivity contribution < 1.29 is 19.4 Å². The van der Waals surface area contributed by atoms with E-state index in [1.807, 2.05) is 31.2 Å². The second-order valence-corrected chi connectivity index (χ2v) is 4.04. The number of hydrogen-bond donors (Lipinski definition) is 1. The summed E-state index contributed by atoms with van der Waals surface area (Å²) in [6, 6.07) is 12.1. The zero-order valence-electron chi connectivity index (χ0n) is 10.7. The lowest BCUT2D eigenvalue weighted by molar-refractivity contribution is 0.0696. The molecule has 2 aromatic rings. The minimum Gasteiger partial charge on any atom is -0.493 e. The van der Waals surface area contributed by atoms with E-state index in [0.717, 1.165) is 5.56 Å². The number of methoxy groups -OCH3 is 1. The molecule has 0 amide bonds. The van der Waals surface area contributed by atoms with E-state index in [1.54, 1.807) is 6.07 Å². The Bertz CT molecular complexity index is 605. The molecule has 0 fully saturated rings. The number of aromatic carboxylic acids is 1. The van der Waals surface area contributed by atoms with Gasteiger partial charge in [-0.25, -0.2) is 4.79 Å². The fourth-order valence-electron chi connectivity index (χ4n) is 1.67. The second-order valence-electron chi connectivity index (χ2n) is 4.04. The molecule has 2 rings (SSSR count). The van der Waals surface area contributed by atoms with Crippen molar-refractivity contribution in [1.82, 2.24) is 0 Å². The molecule has 0 radical (unpaired) electrons. The molecule has 0 aliphatic heterocycles. The fourth-order valence-corrected chi connectivity index (χ4v) is 1.67. The van der Waals surface area contributed by atoms with Crippen molar-refractivity contribution in [3.8, 4) is 17.2 Å². The molecule has 4 nitrogen and oxygen atoms in total. The van der Waals surface area contributed by atoms with E-state index < -0.39 is 5.97 Å². The first kappa shape index (κ1) is 13.0. The summed E-state index contributed by atoms with van der Waals surface area (Å²) in [5, 5.41) is 8.93. The SMILES string of the molecule is COc1cc(C(=O)O)ccc1Oc1ccccc1C. The highest BCUT2D eigenvalue weighted by Gasteiger charge is 2.11. The van der Waals surface area contributed by atoms with E-state index in [0.29, 0.717) is 17.2 Å². The first-order chi connectivity index (χ1) is 9.11. The first-order valence-electron chi connectivity index (χ1n) is 5.76. The van der Waals surface area contributed by atoms with Gasteiger partial charge in [0, 0.05) is 0 Å². The summed E-state index contributed by atoms with van der Waals surface area (Å²) in [5.41, 5.74) is 1.15. The normalized spacial score (nSPS) is 10.0. The third-order valence-electron chi connectivity index (χ3n) is 2.72. The predicted octanol–water partition coefficient (Wildman–Crippen LogP) is 3.49. The van der Waals surface area contributed by atoms with Crippen LogP contribution in [-0.4, -0.2) is 18.2 Å². The summed E-state index contributed by atoms with van der Waals surface area (Å²) < 4.78 is 10.9. The van der Waals surface area contributed by atoms with E-state index >= 15 is 0 Å². The highest BCUT2D eigenvalue weighted by atomic mass is 16.5. The number of hydrogen-bond acceptors (Lipinski definition) is 3. The molecule has 4 heteroatoms. The molecule has 1 N–H and O–H groups in total. The van der Waals surface area contributed by atoms with Gasteiger partial charge in [0.15, 0.2) is 11.5 Å². The van der Waals surface area contributed by atoms with E-state index in [-0.39, 0.29) is 5.56 Å². The number of ether oxygens (including phenoxy) is 2. The lowest BCUT2D eigenvalue weighted by Crippen LogP contribution is -1.98. The molecule has 2 aromatic carbocycles. The fraction of sp³-hybridized carbons (Fsp3) is 0.133. The summed E-state index contributed by atoms with van der Waals surface area (Å²) in [5.74, 6) is 0.592. The molecule has 0 saturated carbocycles. The average Bonchev–Trinajstić information content (AvgIpc) is 2.41. The molecule has 0 aliphatic rings. The summed E-state index contributed by atoms with van der Waals surface area (Å²) in [7, 11) is 1.48. The molecule has 98 valence electrons. The molecule has 19 heavy (non-hydrogen) atoms. The molecule has 0 aromatic heterocycles. The van der Waals surface area contributed by atoms with E-state index in [9.17, 15) is 4.79 Å². The lowest BCUT2D eigenvalue weighted by atomic mass is 10.2. The maximum absolute atomic E-state index is 10.9. The number of aryl methyl sites for hydroxylation is 1. The minimum atomic E-state index is -0.999. The first-order valence-corrected chi connectivity index (χ1v) is 5.76. The number of para-hydroxylation sites is 1. The molecule has 0 heterocycles. The monoisotopic (exact) mass is 258 g/mol. The van der Waals surface area contributed by atoms with Gasteiger partial charge in [-0.2, -0.15) is 0 Å². The van der Waals surface area contributed by atoms with Crippen LogP contribution in [0.1, 0.15) is 15.9 Å². The van der Waals surface area contributed by atoms with Gasteiger partial charge in [-0.3, -0.25) is 0 Å². The van der Waals surface area contributed by atoms with Crippen LogP contribution in [0.5, 0.6) is 17.2 Å². The van der Waals surface area contributed by atoms with Crippen LogP contribution in [0, 0.1) is 6.92 Å². The Hall–Kier alpha value is -2.49. The number of carboxylic acids is 1. The Labute approximate surface area is 111 Å². The van der Waals surface area contributed by atoms with Crippen LogP contribution in [0.4, 0.5) is 0 Å². The van der Waals surface area contributed by atoms with Crippen molar-refractivity contribution in [2.24, 2.45) is 0 Å². The Morgan fingerprint density at radius 2 is 1.79 bits per heavy atom. The van der Waals surface area contributed by atoms with E-state index in [2.05, 4.69) is 0 Å². The van der Waals surface area contributed by atoms with Crippen LogP contribution in [0.25, 0.3) is 0 Å². The second kappa shape index (κ2) is 5.44. The smallest absolute Gasteiger partial charge is 0.335 e. The summed E-state index contributed by atoms with van der Waals surface area (Å²) in [6.07, 6.45) is 0. The molecule has 0 unspecified atom stereocenters. The lowest BCUT2D eigenvalue weighted by Gasteiger charge is -2.12. The summed E-state index contributed by atoms with van der Waals surface area (Å²) in [4.78, 5) is 10.9.